The van der Waals surface area contributed by atoms with Crippen molar-refractivity contribution in [1.29, 1.82) is 0 Å². The van der Waals surface area contributed by atoms with E-state index < -0.39 is 5.69 Å². The molecule has 0 bridgehead atoms. The topological polar surface area (TPSA) is 49.0 Å². The highest BCUT2D eigenvalue weighted by Crippen LogP contribution is 2.62. The summed E-state index contributed by atoms with van der Waals surface area (Å²) in [5.41, 5.74) is 8.12. The normalized spacial score (nSPS) is 15.6. The van der Waals surface area contributed by atoms with Crippen LogP contribution in [0.15, 0.2) is 18.2 Å². The van der Waals surface area contributed by atoms with Gasteiger partial charge in [-0.2, -0.15) is 0 Å². The third-order valence-electron chi connectivity index (χ3n) is 11.0. The molecule has 0 aliphatic carbocycles. The van der Waals surface area contributed by atoms with Gasteiger partial charge in [0.2, 0.25) is 5.69 Å². The number of benzene rings is 1. The van der Waals surface area contributed by atoms with Crippen LogP contribution in [0.3, 0.4) is 0 Å². The molecule has 1 aromatic rings. The Morgan fingerprint density at radius 2 is 1.33 bits per heavy atom. The minimum absolute atomic E-state index is 0.0151. The first-order valence-electron chi connectivity index (χ1n) is 21.4. The van der Waals surface area contributed by atoms with E-state index >= 15 is 0 Å². The zero-order valence-electron chi connectivity index (χ0n) is 34.5. The van der Waals surface area contributed by atoms with E-state index in [4.69, 9.17) is 20.9 Å². The fourth-order valence-electron chi connectivity index (χ4n) is 6.80. The Labute approximate surface area is 326 Å². The van der Waals surface area contributed by atoms with Gasteiger partial charge in [0.15, 0.2) is 0 Å². The van der Waals surface area contributed by atoms with Gasteiger partial charge in [-0.1, -0.05) is 162 Å². The molecule has 0 aromatic heterocycles. The summed E-state index contributed by atoms with van der Waals surface area (Å²) in [5, 5.41) is 2.30. The van der Waals surface area contributed by atoms with Crippen LogP contribution in [0.25, 0.3) is 0 Å². The monoisotopic (exact) mass is 769 g/mol. The van der Waals surface area contributed by atoms with Crippen LogP contribution in [0, 0.1) is 11.8 Å². The van der Waals surface area contributed by atoms with Gasteiger partial charge in [-0.05, 0) is 87.3 Å². The second-order valence-electron chi connectivity index (χ2n) is 15.8. The van der Waals surface area contributed by atoms with Crippen LogP contribution in [-0.2, 0) is 27.3 Å². The minimum atomic E-state index is -2.58. The average molecular weight is 769 g/mol. The first-order valence-corrected chi connectivity index (χ1v) is 25.6. The molecular formula is C42H81N4O2PS2. The highest BCUT2D eigenvalue weighted by molar-refractivity contribution is 8.67. The van der Waals surface area contributed by atoms with E-state index in [-0.39, 0.29) is 5.54 Å². The van der Waals surface area contributed by atoms with Gasteiger partial charge in [-0.3, -0.25) is 9.91 Å². The fourth-order valence-corrected chi connectivity index (χ4v) is 11.0. The lowest BCUT2D eigenvalue weighted by molar-refractivity contribution is 0.130. The number of aryl methyl sites for hydroxylation is 1. The van der Waals surface area contributed by atoms with Crippen molar-refractivity contribution >= 4 is 40.3 Å². The molecular weight excluding hydrogens is 688 g/mol. The smallest absolute Gasteiger partial charge is 0.248 e. The molecule has 0 saturated heterocycles. The fraction of sp³-hybridized carbons (Fsp3) is 0.857. The maximum Gasteiger partial charge on any atom is 0.248 e. The number of anilines is 2. The van der Waals surface area contributed by atoms with E-state index in [1.165, 1.54) is 120 Å². The summed E-state index contributed by atoms with van der Waals surface area (Å²) in [5.74, 6) is 1.86. The van der Waals surface area contributed by atoms with Crippen molar-refractivity contribution in [2.45, 2.75) is 196 Å². The molecule has 1 aromatic carbocycles. The van der Waals surface area contributed by atoms with Crippen molar-refractivity contribution < 1.29 is 9.05 Å². The van der Waals surface area contributed by atoms with Gasteiger partial charge in [0.05, 0.1) is 37.1 Å². The maximum absolute atomic E-state index is 6.81. The molecule has 2 N–H and O–H groups in total. The molecule has 2 rings (SSSR count). The summed E-state index contributed by atoms with van der Waals surface area (Å²) >= 11 is 8.24. The summed E-state index contributed by atoms with van der Waals surface area (Å²) < 4.78 is 13.6. The van der Waals surface area contributed by atoms with Crippen molar-refractivity contribution in [3.63, 3.8) is 0 Å². The lowest BCUT2D eigenvalue weighted by atomic mass is 9.94. The van der Waals surface area contributed by atoms with Gasteiger partial charge >= 0.3 is 0 Å². The first kappa shape index (κ1) is 46.8. The standard InChI is InChI=1S/C42H81N4O2PS2/c1-9-15-19-20-21-22-23-25-31-42(7,8)45(35-46-41-32-39(27-18-12-4)29-30-40(41)43-44-46)36-51-49(50,47-33-37(13-5)26-17-11-3)48-34-38(14-6)28-24-16-10-2/h29-30,32,37-38,43-44H,9-28,31,33-36H2,1-8H3. The SMILES string of the molecule is CCCCCCCCCCC(C)(C)N(CSP(=S)(OCC(CC)CCCC)OCC(CC)CCCCC)CN1NNc2ccc(CCCC)cc21. The zero-order chi connectivity index (χ0) is 37.4. The lowest BCUT2D eigenvalue weighted by Gasteiger charge is -2.41. The molecule has 0 radical (unpaired) electrons. The lowest BCUT2D eigenvalue weighted by Crippen LogP contribution is -2.52. The zero-order valence-corrected chi connectivity index (χ0v) is 37.1. The first-order chi connectivity index (χ1) is 24.6. The van der Waals surface area contributed by atoms with Crippen LogP contribution >= 0.6 is 17.1 Å². The molecule has 9 heteroatoms. The number of nitrogens with one attached hydrogen (secondary N) is 2. The Kier molecular flexibility index (Phi) is 25.0. The summed E-state index contributed by atoms with van der Waals surface area (Å²) in [6.07, 6.45) is 26.4. The van der Waals surface area contributed by atoms with Crippen LogP contribution < -0.4 is 16.0 Å². The molecule has 1 aliphatic rings. The van der Waals surface area contributed by atoms with E-state index in [2.05, 4.69) is 94.5 Å². The predicted octanol–water partition coefficient (Wildman–Crippen LogP) is 14.0. The molecule has 1 aliphatic heterocycles. The quantitative estimate of drug-likeness (QED) is 0.0416. The summed E-state index contributed by atoms with van der Waals surface area (Å²) in [4.78, 5) is 2.63. The van der Waals surface area contributed by atoms with Crippen molar-refractivity contribution in [1.82, 2.24) is 10.4 Å². The van der Waals surface area contributed by atoms with Crippen LogP contribution in [0.2, 0.25) is 0 Å². The van der Waals surface area contributed by atoms with Crippen molar-refractivity contribution in [3.05, 3.63) is 23.8 Å². The van der Waals surface area contributed by atoms with Crippen LogP contribution in [0.4, 0.5) is 11.4 Å². The van der Waals surface area contributed by atoms with Gasteiger partial charge in [-0.15, -0.1) is 5.53 Å². The minimum Gasteiger partial charge on any atom is -0.321 e. The van der Waals surface area contributed by atoms with E-state index in [0.717, 1.165) is 43.9 Å². The Morgan fingerprint density at radius 3 is 1.94 bits per heavy atom. The molecule has 6 nitrogen and oxygen atoms in total. The second kappa shape index (κ2) is 27.3. The molecule has 0 amide bonds. The van der Waals surface area contributed by atoms with Crippen molar-refractivity contribution in [2.24, 2.45) is 11.8 Å². The van der Waals surface area contributed by atoms with Crippen LogP contribution in [-0.4, -0.2) is 36.2 Å². The maximum atomic E-state index is 6.81. The second-order valence-corrected chi connectivity index (χ2v) is 22.1. The number of unbranched alkanes of at least 4 members (excludes halogenated alkanes) is 11. The van der Waals surface area contributed by atoms with Gasteiger partial charge < -0.3 is 14.5 Å². The summed E-state index contributed by atoms with van der Waals surface area (Å²) in [7, 11) is 0. The number of fused-ring (bicyclic) bond motifs is 1. The van der Waals surface area contributed by atoms with Crippen molar-refractivity contribution in [2.75, 3.05) is 36.2 Å². The van der Waals surface area contributed by atoms with Gasteiger partial charge in [0, 0.05) is 5.54 Å². The highest BCUT2D eigenvalue weighted by atomic mass is 32.9. The average Bonchev–Trinajstić information content (AvgIpc) is 3.53. The molecule has 51 heavy (non-hydrogen) atoms. The molecule has 0 spiro atoms. The molecule has 0 saturated carbocycles. The molecule has 1 heterocycles. The third kappa shape index (κ3) is 18.7. The number of nitrogens with zero attached hydrogens (tertiary/aromatic N) is 2. The van der Waals surface area contributed by atoms with Gasteiger partial charge in [0.1, 0.15) is 0 Å². The summed E-state index contributed by atoms with van der Waals surface area (Å²) in [6, 6.07) is 6.87. The number of hydrogen-bond acceptors (Lipinski definition) is 8. The summed E-state index contributed by atoms with van der Waals surface area (Å²) in [6.45, 7) is 20.8. The van der Waals surface area contributed by atoms with Crippen molar-refractivity contribution in [3.8, 4) is 0 Å². The highest BCUT2D eigenvalue weighted by Gasteiger charge is 2.33. The molecule has 0 fully saturated rings. The molecule has 3 unspecified atom stereocenters. The van der Waals surface area contributed by atoms with E-state index in [0.29, 0.717) is 25.0 Å². The van der Waals surface area contributed by atoms with E-state index in [1.807, 2.05) is 0 Å². The third-order valence-corrected chi connectivity index (χ3v) is 16.1. The van der Waals surface area contributed by atoms with E-state index in [9.17, 15) is 0 Å². The largest absolute Gasteiger partial charge is 0.321 e. The number of rotatable bonds is 33. The Balaban J connectivity index is 2.25. The van der Waals surface area contributed by atoms with Gasteiger partial charge in [-0.25, -0.2) is 0 Å². The number of hydrogen-bond donors (Lipinski definition) is 2. The number of hydrazine groups is 2. The van der Waals surface area contributed by atoms with E-state index in [1.54, 1.807) is 11.4 Å². The molecule has 298 valence electrons. The Morgan fingerprint density at radius 1 is 0.765 bits per heavy atom. The Hall–Kier alpha value is -0.340. The Bertz CT molecular complexity index is 1080. The van der Waals surface area contributed by atoms with Gasteiger partial charge in [0.25, 0.3) is 0 Å². The predicted molar refractivity (Wildman–Crippen MR) is 232 cm³/mol. The molecule has 3 atom stereocenters. The van der Waals surface area contributed by atoms with Crippen LogP contribution in [0.1, 0.15) is 189 Å². The van der Waals surface area contributed by atoms with Crippen LogP contribution in [0.5, 0.6) is 0 Å².